The molecule has 3 nitrogen and oxygen atoms in total. The molecule has 0 unspecified atom stereocenters. The Morgan fingerprint density at radius 2 is 1.92 bits per heavy atom. The van der Waals surface area contributed by atoms with Gasteiger partial charge in [-0.1, -0.05) is 0 Å². The Hall–Kier alpha value is -1.17. The van der Waals surface area contributed by atoms with Gasteiger partial charge in [0.05, 0.1) is 10.2 Å². The summed E-state index contributed by atoms with van der Waals surface area (Å²) < 4.78 is 25.5. The Balaban J connectivity index is 3.28. The molecule has 0 spiro atoms. The molecule has 0 atom stereocenters. The van der Waals surface area contributed by atoms with E-state index in [1.807, 2.05) is 0 Å². The number of hydrogen-bond donors (Lipinski definition) is 2. The van der Waals surface area contributed by atoms with Crippen molar-refractivity contribution in [3.63, 3.8) is 0 Å². The van der Waals surface area contributed by atoms with E-state index in [4.69, 9.17) is 11.5 Å². The summed E-state index contributed by atoms with van der Waals surface area (Å²) >= 11 is 2.88. The zero-order valence-corrected chi connectivity index (χ0v) is 7.98. The van der Waals surface area contributed by atoms with E-state index < -0.39 is 11.6 Å². The second-order valence-corrected chi connectivity index (χ2v) is 3.05. The molecular weight excluding hydrogens is 244 g/mol. The first-order valence-corrected chi connectivity index (χ1v) is 4.04. The minimum absolute atomic E-state index is 0.0255. The van der Waals surface area contributed by atoms with E-state index in [9.17, 15) is 8.78 Å². The number of nitrogens with zero attached hydrogens (tertiary/aromatic N) is 1. The largest absolute Gasteiger partial charge is 0.370 e. The lowest BCUT2D eigenvalue weighted by Crippen LogP contribution is -2.22. The van der Waals surface area contributed by atoms with Gasteiger partial charge < -0.3 is 11.5 Å². The minimum atomic E-state index is -0.750. The number of rotatable bonds is 1. The summed E-state index contributed by atoms with van der Waals surface area (Å²) in [6, 6.07) is 1.75. The first-order valence-electron chi connectivity index (χ1n) is 3.25. The molecule has 0 amide bonds. The van der Waals surface area contributed by atoms with Gasteiger partial charge in [-0.2, -0.15) is 0 Å². The topological polar surface area (TPSA) is 64.4 Å². The van der Waals surface area contributed by atoms with Crippen molar-refractivity contribution in [2.24, 2.45) is 16.5 Å². The van der Waals surface area contributed by atoms with Gasteiger partial charge in [0.25, 0.3) is 0 Å². The molecule has 0 aliphatic heterocycles. The first-order chi connectivity index (χ1) is 6.00. The van der Waals surface area contributed by atoms with Crippen molar-refractivity contribution in [2.75, 3.05) is 0 Å². The summed E-state index contributed by atoms with van der Waals surface area (Å²) in [4.78, 5) is 3.53. The Morgan fingerprint density at radius 3 is 2.46 bits per heavy atom. The highest BCUT2D eigenvalue weighted by Gasteiger charge is 2.07. The summed E-state index contributed by atoms with van der Waals surface area (Å²) in [6.45, 7) is 0. The van der Waals surface area contributed by atoms with Gasteiger partial charge >= 0.3 is 0 Å². The molecule has 0 aliphatic rings. The van der Waals surface area contributed by atoms with E-state index in [2.05, 4.69) is 20.9 Å². The fourth-order valence-electron chi connectivity index (χ4n) is 0.763. The molecule has 70 valence electrons. The zero-order chi connectivity index (χ0) is 10.0. The van der Waals surface area contributed by atoms with E-state index in [0.29, 0.717) is 0 Å². The average Bonchev–Trinajstić information content (AvgIpc) is 1.98. The molecule has 0 aliphatic carbocycles. The molecule has 0 saturated carbocycles. The molecule has 0 saturated heterocycles. The van der Waals surface area contributed by atoms with Crippen LogP contribution in [0.1, 0.15) is 0 Å². The summed E-state index contributed by atoms with van der Waals surface area (Å²) in [7, 11) is 0. The number of aliphatic imine (C=N–C) groups is 1. The van der Waals surface area contributed by atoms with E-state index in [0.717, 1.165) is 12.1 Å². The van der Waals surface area contributed by atoms with E-state index in [1.54, 1.807) is 0 Å². The Kier molecular flexibility index (Phi) is 2.82. The van der Waals surface area contributed by atoms with Crippen LogP contribution in [0.2, 0.25) is 0 Å². The molecule has 13 heavy (non-hydrogen) atoms. The van der Waals surface area contributed by atoms with E-state index >= 15 is 0 Å². The standard InChI is InChI=1S/C7H6BrF2N3/c8-6-4(10)1-3(9)2-5(6)13-7(11)12/h1-2H,(H4,11,12,13). The van der Waals surface area contributed by atoms with Crippen LogP contribution in [0.15, 0.2) is 21.6 Å². The Morgan fingerprint density at radius 1 is 1.31 bits per heavy atom. The van der Waals surface area contributed by atoms with Crippen molar-refractivity contribution >= 4 is 27.6 Å². The van der Waals surface area contributed by atoms with E-state index in [1.165, 1.54) is 0 Å². The molecule has 1 aromatic rings. The normalized spacial score (nSPS) is 9.77. The summed E-state index contributed by atoms with van der Waals surface area (Å²) in [5.41, 5.74) is 10.1. The highest BCUT2D eigenvalue weighted by atomic mass is 79.9. The van der Waals surface area contributed by atoms with Gasteiger partial charge in [0.2, 0.25) is 0 Å². The highest BCUT2D eigenvalue weighted by molar-refractivity contribution is 9.10. The SMILES string of the molecule is NC(N)=Nc1cc(F)cc(F)c1Br. The smallest absolute Gasteiger partial charge is 0.191 e. The zero-order valence-electron chi connectivity index (χ0n) is 6.39. The number of hydrogen-bond acceptors (Lipinski definition) is 1. The molecule has 4 N–H and O–H groups in total. The maximum absolute atomic E-state index is 12.9. The molecule has 6 heteroatoms. The molecule has 1 aromatic carbocycles. The molecule has 0 aromatic heterocycles. The third-order valence-corrected chi connectivity index (χ3v) is 2.01. The maximum atomic E-state index is 12.9. The second-order valence-electron chi connectivity index (χ2n) is 2.26. The van der Waals surface area contributed by atoms with Crippen molar-refractivity contribution in [3.05, 3.63) is 28.2 Å². The predicted octanol–water partition coefficient (Wildman–Crippen LogP) is 1.63. The van der Waals surface area contributed by atoms with Crippen LogP contribution in [0.4, 0.5) is 14.5 Å². The molecule has 0 radical (unpaired) electrons. The van der Waals surface area contributed by atoms with Crippen LogP contribution < -0.4 is 11.5 Å². The fraction of sp³-hybridized carbons (Fsp3) is 0. The van der Waals surface area contributed by atoms with Crippen molar-refractivity contribution in [1.29, 1.82) is 0 Å². The lowest BCUT2D eigenvalue weighted by Gasteiger charge is -2.00. The van der Waals surface area contributed by atoms with Gasteiger partial charge in [0.1, 0.15) is 11.6 Å². The van der Waals surface area contributed by atoms with Crippen LogP contribution in [-0.4, -0.2) is 5.96 Å². The Bertz CT molecular complexity index is 361. The quantitative estimate of drug-likeness (QED) is 0.452. The molecule has 0 heterocycles. The van der Waals surface area contributed by atoms with Gasteiger partial charge in [-0.05, 0) is 15.9 Å². The maximum Gasteiger partial charge on any atom is 0.191 e. The second kappa shape index (κ2) is 3.69. The third kappa shape index (κ3) is 2.38. The monoisotopic (exact) mass is 249 g/mol. The fourth-order valence-corrected chi connectivity index (χ4v) is 1.08. The van der Waals surface area contributed by atoms with Crippen LogP contribution in [-0.2, 0) is 0 Å². The number of guanidine groups is 1. The van der Waals surface area contributed by atoms with Gasteiger partial charge in [0, 0.05) is 12.1 Å². The molecule has 0 bridgehead atoms. The van der Waals surface area contributed by atoms with Crippen LogP contribution in [0, 0.1) is 11.6 Å². The van der Waals surface area contributed by atoms with Crippen molar-refractivity contribution in [2.45, 2.75) is 0 Å². The first kappa shape index (κ1) is 9.91. The Labute approximate surface area is 81.6 Å². The number of halogens is 3. The lowest BCUT2D eigenvalue weighted by molar-refractivity contribution is 0.580. The molecule has 0 fully saturated rings. The average molecular weight is 250 g/mol. The highest BCUT2D eigenvalue weighted by Crippen LogP contribution is 2.28. The van der Waals surface area contributed by atoms with Crippen molar-refractivity contribution < 1.29 is 8.78 Å². The van der Waals surface area contributed by atoms with Gasteiger partial charge in [0.15, 0.2) is 5.96 Å². The number of benzene rings is 1. The van der Waals surface area contributed by atoms with Crippen molar-refractivity contribution in [3.8, 4) is 0 Å². The number of nitrogens with two attached hydrogens (primary N) is 2. The summed E-state index contributed by atoms with van der Waals surface area (Å²) in [5.74, 6) is -1.74. The molecule has 1 rings (SSSR count). The molecular formula is C7H6BrF2N3. The van der Waals surface area contributed by atoms with Gasteiger partial charge in [-0.25, -0.2) is 13.8 Å². The van der Waals surface area contributed by atoms with Gasteiger partial charge in [-0.15, -0.1) is 0 Å². The van der Waals surface area contributed by atoms with Crippen LogP contribution in [0.25, 0.3) is 0 Å². The van der Waals surface area contributed by atoms with Crippen molar-refractivity contribution in [1.82, 2.24) is 0 Å². The summed E-state index contributed by atoms with van der Waals surface area (Å²) in [6.07, 6.45) is 0. The lowest BCUT2D eigenvalue weighted by atomic mass is 10.3. The van der Waals surface area contributed by atoms with Gasteiger partial charge in [-0.3, -0.25) is 0 Å². The van der Waals surface area contributed by atoms with Crippen LogP contribution in [0.5, 0.6) is 0 Å². The van der Waals surface area contributed by atoms with Crippen LogP contribution in [0.3, 0.4) is 0 Å². The van der Waals surface area contributed by atoms with Crippen LogP contribution >= 0.6 is 15.9 Å². The predicted molar refractivity (Wildman–Crippen MR) is 49.5 cm³/mol. The third-order valence-electron chi connectivity index (χ3n) is 1.22. The summed E-state index contributed by atoms with van der Waals surface area (Å²) in [5, 5.41) is 0. The van der Waals surface area contributed by atoms with E-state index in [-0.39, 0.29) is 16.1 Å². The minimum Gasteiger partial charge on any atom is -0.370 e.